The fourth-order valence-electron chi connectivity index (χ4n) is 4.05. The molecule has 0 radical (unpaired) electrons. The molecular formula is C31H55N5O5. The summed E-state index contributed by atoms with van der Waals surface area (Å²) >= 11 is 0. The zero-order valence-corrected chi connectivity index (χ0v) is 27.0. The lowest BCUT2D eigenvalue weighted by atomic mass is 9.91. The Balaban J connectivity index is 0.000000308. The van der Waals surface area contributed by atoms with Gasteiger partial charge in [0.1, 0.15) is 0 Å². The molecule has 234 valence electrons. The van der Waals surface area contributed by atoms with Crippen molar-refractivity contribution in [3.05, 3.63) is 11.8 Å². The molecule has 0 atom stereocenters. The molecule has 0 aromatic carbocycles. The highest BCUT2D eigenvalue weighted by molar-refractivity contribution is 5.86. The van der Waals surface area contributed by atoms with Crippen LogP contribution in [0.4, 0.5) is 0 Å². The monoisotopic (exact) mass is 577 g/mol. The maximum atomic E-state index is 11.7. The first kappa shape index (κ1) is 36.3. The SMILES string of the molecule is CC(C)(C)CC(=O)N1CCNC(=O)C1.CC(C)(C)CC(=O)N1CCOCC1.CC(C)(C)CC(=O)NCC1=CN=CC1. The van der Waals surface area contributed by atoms with Crippen LogP contribution in [-0.2, 0) is 23.9 Å². The summed E-state index contributed by atoms with van der Waals surface area (Å²) in [5, 5.41) is 5.59. The average Bonchev–Trinajstić information content (AvgIpc) is 3.35. The van der Waals surface area contributed by atoms with E-state index in [1.807, 2.05) is 38.1 Å². The summed E-state index contributed by atoms with van der Waals surface area (Å²) < 4.78 is 5.19. The van der Waals surface area contributed by atoms with Crippen LogP contribution in [0.3, 0.4) is 0 Å². The molecule has 0 aromatic rings. The van der Waals surface area contributed by atoms with Gasteiger partial charge in [-0.3, -0.25) is 24.2 Å². The number of hydrogen-bond donors (Lipinski definition) is 2. The molecular weight excluding hydrogens is 522 g/mol. The van der Waals surface area contributed by atoms with E-state index < -0.39 is 0 Å². The average molecular weight is 578 g/mol. The molecule has 0 aliphatic carbocycles. The number of nitrogens with one attached hydrogen (secondary N) is 2. The van der Waals surface area contributed by atoms with E-state index in [2.05, 4.69) is 57.2 Å². The number of hydrogen-bond acceptors (Lipinski definition) is 6. The molecule has 2 fully saturated rings. The van der Waals surface area contributed by atoms with E-state index in [1.54, 1.807) is 4.90 Å². The Kier molecular flexibility index (Phi) is 14.7. The highest BCUT2D eigenvalue weighted by Crippen LogP contribution is 2.21. The normalized spacial score (nSPS) is 17.4. The number of carbonyl (C=O) groups is 4. The Hall–Kier alpha value is -2.75. The molecule has 2 N–H and O–H groups in total. The maximum absolute atomic E-state index is 11.7. The van der Waals surface area contributed by atoms with Gasteiger partial charge in [0.15, 0.2) is 0 Å². The summed E-state index contributed by atoms with van der Waals surface area (Å²) in [4.78, 5) is 53.4. The molecule has 10 heteroatoms. The molecule has 41 heavy (non-hydrogen) atoms. The molecule has 3 heterocycles. The summed E-state index contributed by atoms with van der Waals surface area (Å²) in [5.41, 5.74) is 1.32. The number of nitrogens with zero attached hydrogens (tertiary/aromatic N) is 3. The molecule has 0 unspecified atom stereocenters. The van der Waals surface area contributed by atoms with E-state index in [1.165, 1.54) is 5.57 Å². The number of piperazine rings is 1. The minimum atomic E-state index is -0.0569. The fraction of sp³-hybridized carbons (Fsp3) is 0.774. The maximum Gasteiger partial charge on any atom is 0.239 e. The van der Waals surface area contributed by atoms with Gasteiger partial charge in [-0.05, 0) is 21.8 Å². The van der Waals surface area contributed by atoms with E-state index in [4.69, 9.17) is 4.74 Å². The van der Waals surface area contributed by atoms with Crippen molar-refractivity contribution in [2.45, 2.75) is 88.0 Å². The Morgan fingerprint density at radius 2 is 1.39 bits per heavy atom. The van der Waals surface area contributed by atoms with Crippen molar-refractivity contribution < 1.29 is 23.9 Å². The Morgan fingerprint density at radius 1 is 0.854 bits per heavy atom. The van der Waals surface area contributed by atoms with Crippen molar-refractivity contribution in [1.29, 1.82) is 0 Å². The van der Waals surface area contributed by atoms with Gasteiger partial charge in [0.05, 0.1) is 19.8 Å². The summed E-state index contributed by atoms with van der Waals surface area (Å²) in [5.74, 6) is 0.395. The highest BCUT2D eigenvalue weighted by atomic mass is 16.5. The largest absolute Gasteiger partial charge is 0.378 e. The number of amides is 4. The van der Waals surface area contributed by atoms with E-state index >= 15 is 0 Å². The van der Waals surface area contributed by atoms with Gasteiger partial charge in [-0.15, -0.1) is 0 Å². The van der Waals surface area contributed by atoms with Crippen LogP contribution in [0.2, 0.25) is 0 Å². The van der Waals surface area contributed by atoms with Gasteiger partial charge in [-0.25, -0.2) is 0 Å². The van der Waals surface area contributed by atoms with Crippen LogP contribution < -0.4 is 10.6 Å². The number of aliphatic imine (C=N–C) groups is 1. The second kappa shape index (κ2) is 16.6. The van der Waals surface area contributed by atoms with E-state index in [0.717, 1.165) is 19.5 Å². The minimum Gasteiger partial charge on any atom is -0.378 e. The van der Waals surface area contributed by atoms with E-state index in [9.17, 15) is 19.2 Å². The van der Waals surface area contributed by atoms with Crippen LogP contribution in [0.5, 0.6) is 0 Å². The second-order valence-electron chi connectivity index (χ2n) is 14.5. The predicted molar refractivity (Wildman–Crippen MR) is 163 cm³/mol. The van der Waals surface area contributed by atoms with Gasteiger partial charge in [0.2, 0.25) is 23.6 Å². The van der Waals surface area contributed by atoms with Gasteiger partial charge < -0.3 is 25.2 Å². The first-order valence-corrected chi connectivity index (χ1v) is 14.7. The predicted octanol–water partition coefficient (Wildman–Crippen LogP) is 3.56. The Morgan fingerprint density at radius 3 is 1.85 bits per heavy atom. The second-order valence-corrected chi connectivity index (χ2v) is 14.5. The smallest absolute Gasteiger partial charge is 0.239 e. The van der Waals surface area contributed by atoms with Gasteiger partial charge in [0, 0.05) is 70.8 Å². The van der Waals surface area contributed by atoms with E-state index in [0.29, 0.717) is 52.1 Å². The molecule has 3 aliphatic heterocycles. The Bertz CT molecular complexity index is 932. The van der Waals surface area contributed by atoms with Crippen LogP contribution in [0.15, 0.2) is 16.8 Å². The van der Waals surface area contributed by atoms with Crippen LogP contribution in [0, 0.1) is 16.2 Å². The van der Waals surface area contributed by atoms with Crippen molar-refractivity contribution in [2.24, 2.45) is 21.2 Å². The first-order chi connectivity index (χ1) is 18.8. The van der Waals surface area contributed by atoms with Crippen molar-refractivity contribution in [1.82, 2.24) is 20.4 Å². The van der Waals surface area contributed by atoms with Crippen molar-refractivity contribution in [3.63, 3.8) is 0 Å². The number of rotatable bonds is 5. The molecule has 4 amide bonds. The third kappa shape index (κ3) is 18.3. The zero-order valence-electron chi connectivity index (χ0n) is 27.0. The molecule has 0 spiro atoms. The standard InChI is InChI=1S/C11H18N2O.C10H18N2O2.C10H19NO2/c1-11(2,3)6-10(14)13-8-9-4-5-12-7-9;1-10(2,3)6-9(14)12-5-4-11-8(13)7-12;1-10(2,3)8-9(12)11-4-6-13-7-5-11/h5,7H,4,6,8H2,1-3H3,(H,13,14);4-7H2,1-3H3,(H,11,13);4-8H2,1-3H3. The lowest BCUT2D eigenvalue weighted by Crippen LogP contribution is -2.50. The van der Waals surface area contributed by atoms with Crippen LogP contribution >= 0.6 is 0 Å². The van der Waals surface area contributed by atoms with Gasteiger partial charge in [0.25, 0.3) is 0 Å². The number of carbonyl (C=O) groups excluding carboxylic acids is 4. The lowest BCUT2D eigenvalue weighted by Gasteiger charge is -2.29. The van der Waals surface area contributed by atoms with Gasteiger partial charge >= 0.3 is 0 Å². The van der Waals surface area contributed by atoms with Crippen LogP contribution in [0.25, 0.3) is 0 Å². The zero-order chi connectivity index (χ0) is 31.3. The van der Waals surface area contributed by atoms with Crippen molar-refractivity contribution in [3.8, 4) is 0 Å². The van der Waals surface area contributed by atoms with Crippen LogP contribution in [0.1, 0.15) is 88.0 Å². The highest BCUT2D eigenvalue weighted by Gasteiger charge is 2.25. The summed E-state index contributed by atoms with van der Waals surface area (Å²) in [7, 11) is 0. The quantitative estimate of drug-likeness (QED) is 0.518. The van der Waals surface area contributed by atoms with Gasteiger partial charge in [-0.1, -0.05) is 62.3 Å². The third-order valence-electron chi connectivity index (χ3n) is 6.04. The summed E-state index contributed by atoms with van der Waals surface area (Å²) in [6, 6.07) is 0. The van der Waals surface area contributed by atoms with Gasteiger partial charge in [-0.2, -0.15) is 0 Å². The summed E-state index contributed by atoms with van der Waals surface area (Å²) in [6.07, 6.45) is 6.24. The molecule has 3 rings (SSSR count). The Labute approximate surface area is 247 Å². The topological polar surface area (TPSA) is 120 Å². The molecule has 0 saturated carbocycles. The molecule has 3 aliphatic rings. The lowest BCUT2D eigenvalue weighted by molar-refractivity contribution is -0.139. The summed E-state index contributed by atoms with van der Waals surface area (Å²) in [6.45, 7) is 23.5. The molecule has 10 nitrogen and oxygen atoms in total. The third-order valence-corrected chi connectivity index (χ3v) is 6.04. The molecule has 0 aromatic heterocycles. The van der Waals surface area contributed by atoms with Crippen molar-refractivity contribution in [2.75, 3.05) is 52.5 Å². The molecule has 2 saturated heterocycles. The number of morpholine rings is 1. The van der Waals surface area contributed by atoms with E-state index in [-0.39, 0.29) is 46.4 Å². The fourth-order valence-corrected chi connectivity index (χ4v) is 4.05. The van der Waals surface area contributed by atoms with Crippen molar-refractivity contribution >= 4 is 29.8 Å². The minimum absolute atomic E-state index is 0.00892. The molecule has 0 bridgehead atoms. The van der Waals surface area contributed by atoms with Crippen LogP contribution in [-0.4, -0.2) is 92.1 Å². The number of ether oxygens (including phenoxy) is 1. The first-order valence-electron chi connectivity index (χ1n) is 14.7.